The van der Waals surface area contributed by atoms with E-state index in [1.165, 1.54) is 18.2 Å². The van der Waals surface area contributed by atoms with Crippen LogP contribution in [0, 0.1) is 6.92 Å². The van der Waals surface area contributed by atoms with Crippen molar-refractivity contribution in [3.63, 3.8) is 0 Å². The van der Waals surface area contributed by atoms with Crippen molar-refractivity contribution in [1.82, 2.24) is 9.97 Å². The summed E-state index contributed by atoms with van der Waals surface area (Å²) in [4.78, 5) is 21.1. The first-order valence-corrected chi connectivity index (χ1v) is 9.73. The molecule has 0 amide bonds. The highest BCUT2D eigenvalue weighted by molar-refractivity contribution is 5.96. The molecule has 0 saturated heterocycles. The van der Waals surface area contributed by atoms with Crippen LogP contribution in [0.2, 0.25) is 0 Å². The predicted octanol–water partition coefficient (Wildman–Crippen LogP) is 5.18. The highest BCUT2D eigenvalue weighted by Gasteiger charge is 2.13. The number of aromatic nitrogens is 2. The second-order valence-electron chi connectivity index (χ2n) is 6.66. The molecule has 0 unspecified atom stereocenters. The Morgan fingerprint density at radius 2 is 1.66 bits per heavy atom. The largest absolute Gasteiger partial charge is 0.465 e. The Balaban J connectivity index is 1.94. The summed E-state index contributed by atoms with van der Waals surface area (Å²) in [5.41, 5.74) is 5.42. The summed E-state index contributed by atoms with van der Waals surface area (Å²) in [7, 11) is 1.36. The quantitative estimate of drug-likeness (QED) is 0.541. The van der Waals surface area contributed by atoms with Gasteiger partial charge in [0.1, 0.15) is 5.82 Å². The van der Waals surface area contributed by atoms with Gasteiger partial charge in [-0.3, -0.25) is 0 Å². The minimum Gasteiger partial charge on any atom is -0.465 e. The predicted molar refractivity (Wildman–Crippen MR) is 116 cm³/mol. The number of benzene rings is 2. The van der Waals surface area contributed by atoms with Gasteiger partial charge in [-0.25, -0.2) is 9.78 Å². The lowest BCUT2D eigenvalue weighted by Gasteiger charge is -2.16. The fourth-order valence-electron chi connectivity index (χ4n) is 3.22. The molecule has 150 valence electrons. The van der Waals surface area contributed by atoms with Crippen LogP contribution in [0.1, 0.15) is 41.0 Å². The van der Waals surface area contributed by atoms with Crippen molar-refractivity contribution < 1.29 is 9.53 Å². The number of carbonyl (C=O) groups excluding carboxylic acids is 1. The topological polar surface area (TPSA) is 76.1 Å². The van der Waals surface area contributed by atoms with E-state index in [1.54, 1.807) is 18.2 Å². The molecule has 0 aliphatic carbocycles. The third kappa shape index (κ3) is 4.71. The first-order chi connectivity index (χ1) is 14.0. The van der Waals surface area contributed by atoms with E-state index in [4.69, 9.17) is 4.74 Å². The van der Waals surface area contributed by atoms with Crippen LogP contribution in [-0.2, 0) is 17.6 Å². The fraction of sp³-hybridized carbons (Fsp3) is 0.261. The minimum atomic E-state index is -0.413. The third-order valence-electron chi connectivity index (χ3n) is 4.68. The average molecular weight is 390 g/mol. The number of anilines is 4. The molecule has 0 saturated carbocycles. The molecular weight excluding hydrogens is 364 g/mol. The lowest BCUT2D eigenvalue weighted by molar-refractivity contribution is 0.0602. The highest BCUT2D eigenvalue weighted by Crippen LogP contribution is 2.27. The van der Waals surface area contributed by atoms with Crippen LogP contribution in [0.25, 0.3) is 0 Å². The van der Waals surface area contributed by atoms with Gasteiger partial charge in [-0.15, -0.1) is 0 Å². The average Bonchev–Trinajstić information content (AvgIpc) is 2.73. The van der Waals surface area contributed by atoms with Crippen LogP contribution in [0.15, 0.2) is 48.5 Å². The smallest absolute Gasteiger partial charge is 0.339 e. The maximum absolute atomic E-state index is 12.0. The molecule has 29 heavy (non-hydrogen) atoms. The van der Waals surface area contributed by atoms with Gasteiger partial charge in [0.2, 0.25) is 5.95 Å². The van der Waals surface area contributed by atoms with E-state index in [2.05, 4.69) is 52.6 Å². The molecule has 0 bridgehead atoms. The van der Waals surface area contributed by atoms with Crippen LogP contribution in [0.3, 0.4) is 0 Å². The van der Waals surface area contributed by atoms with Crippen molar-refractivity contribution in [2.75, 3.05) is 17.7 Å². The summed E-state index contributed by atoms with van der Waals surface area (Å²) in [5.74, 6) is 0.700. The molecule has 0 aliphatic heterocycles. The van der Waals surface area contributed by atoms with Crippen molar-refractivity contribution in [3.8, 4) is 0 Å². The number of esters is 1. The summed E-state index contributed by atoms with van der Waals surface area (Å²) in [6.07, 6.45) is 1.86. The summed E-state index contributed by atoms with van der Waals surface area (Å²) in [6, 6.07) is 15.4. The number of nitrogens with zero attached hydrogens (tertiary/aromatic N) is 2. The molecular formula is C23H26N4O2. The number of methoxy groups -OCH3 is 1. The number of rotatable bonds is 7. The minimum absolute atomic E-state index is 0.413. The van der Waals surface area contributed by atoms with Crippen molar-refractivity contribution in [2.45, 2.75) is 33.6 Å². The molecule has 0 atom stereocenters. The number of para-hydroxylation sites is 2. The number of ether oxygens (including phenoxy) is 1. The molecule has 0 spiro atoms. The molecule has 1 aromatic heterocycles. The third-order valence-corrected chi connectivity index (χ3v) is 4.68. The van der Waals surface area contributed by atoms with Gasteiger partial charge in [0.05, 0.1) is 18.4 Å². The van der Waals surface area contributed by atoms with E-state index < -0.39 is 5.97 Å². The molecule has 2 aromatic carbocycles. The SMILES string of the molecule is CCc1cccc(CC)c1Nc1cc(C)nc(Nc2ccccc2C(=O)OC)n1. The molecule has 3 rings (SSSR count). The first kappa shape index (κ1) is 20.3. The van der Waals surface area contributed by atoms with Gasteiger partial charge in [-0.2, -0.15) is 4.98 Å². The normalized spacial score (nSPS) is 10.5. The molecule has 0 fully saturated rings. The summed E-state index contributed by atoms with van der Waals surface area (Å²) in [6.45, 7) is 6.19. The number of hydrogen-bond donors (Lipinski definition) is 2. The van der Waals surface area contributed by atoms with E-state index in [1.807, 2.05) is 19.1 Å². The summed E-state index contributed by atoms with van der Waals surface area (Å²) in [5, 5.41) is 6.62. The first-order valence-electron chi connectivity index (χ1n) is 9.73. The van der Waals surface area contributed by atoms with Crippen molar-refractivity contribution in [2.24, 2.45) is 0 Å². The van der Waals surface area contributed by atoms with Gasteiger partial charge in [0.15, 0.2) is 0 Å². The van der Waals surface area contributed by atoms with Crippen LogP contribution < -0.4 is 10.6 Å². The summed E-state index contributed by atoms with van der Waals surface area (Å²) < 4.78 is 4.86. The Kier molecular flexibility index (Phi) is 6.44. The van der Waals surface area contributed by atoms with Gasteiger partial charge < -0.3 is 15.4 Å². The monoisotopic (exact) mass is 390 g/mol. The Hall–Kier alpha value is -3.41. The van der Waals surface area contributed by atoms with Crippen molar-refractivity contribution in [1.29, 1.82) is 0 Å². The molecule has 0 radical (unpaired) electrons. The number of carbonyl (C=O) groups is 1. The zero-order chi connectivity index (χ0) is 20.8. The van der Waals surface area contributed by atoms with Crippen molar-refractivity contribution in [3.05, 3.63) is 70.9 Å². The lowest BCUT2D eigenvalue weighted by Crippen LogP contribution is -2.08. The van der Waals surface area contributed by atoms with Crippen LogP contribution in [-0.4, -0.2) is 23.0 Å². The molecule has 0 aliphatic rings. The Morgan fingerprint density at radius 1 is 0.966 bits per heavy atom. The number of aryl methyl sites for hydroxylation is 3. The Morgan fingerprint density at radius 3 is 2.31 bits per heavy atom. The number of hydrogen-bond acceptors (Lipinski definition) is 6. The van der Waals surface area contributed by atoms with E-state index >= 15 is 0 Å². The van der Waals surface area contributed by atoms with Gasteiger partial charge >= 0.3 is 5.97 Å². The maximum Gasteiger partial charge on any atom is 0.339 e. The Bertz CT molecular complexity index is 995. The van der Waals surface area contributed by atoms with E-state index in [9.17, 15) is 4.79 Å². The number of nitrogens with one attached hydrogen (secondary N) is 2. The van der Waals surface area contributed by atoms with Crippen LogP contribution in [0.4, 0.5) is 23.1 Å². The molecule has 6 nitrogen and oxygen atoms in total. The second-order valence-corrected chi connectivity index (χ2v) is 6.66. The van der Waals surface area contributed by atoms with Crippen LogP contribution >= 0.6 is 0 Å². The van der Waals surface area contributed by atoms with E-state index in [-0.39, 0.29) is 0 Å². The van der Waals surface area contributed by atoms with Gasteiger partial charge in [-0.05, 0) is 43.0 Å². The summed E-state index contributed by atoms with van der Waals surface area (Å²) >= 11 is 0. The molecule has 2 N–H and O–H groups in total. The van der Waals surface area contributed by atoms with Gasteiger partial charge in [0, 0.05) is 17.4 Å². The fourth-order valence-corrected chi connectivity index (χ4v) is 3.22. The van der Waals surface area contributed by atoms with Gasteiger partial charge in [0.25, 0.3) is 0 Å². The molecule has 1 heterocycles. The maximum atomic E-state index is 12.0. The van der Waals surface area contributed by atoms with E-state index in [0.717, 1.165) is 24.2 Å². The van der Waals surface area contributed by atoms with Gasteiger partial charge in [-0.1, -0.05) is 44.2 Å². The Labute approximate surface area is 171 Å². The van der Waals surface area contributed by atoms with E-state index in [0.29, 0.717) is 23.0 Å². The standard InChI is InChI=1S/C23H26N4O2/c1-5-16-10-9-11-17(6-2)21(16)26-20-14-15(3)24-23(27-20)25-19-13-8-7-12-18(19)22(28)29-4/h7-14H,5-6H2,1-4H3,(H2,24,25,26,27). The highest BCUT2D eigenvalue weighted by atomic mass is 16.5. The molecule has 6 heteroatoms. The zero-order valence-electron chi connectivity index (χ0n) is 17.2. The van der Waals surface area contributed by atoms with Crippen molar-refractivity contribution >= 4 is 29.1 Å². The van der Waals surface area contributed by atoms with Crippen LogP contribution in [0.5, 0.6) is 0 Å². The zero-order valence-corrected chi connectivity index (χ0v) is 17.2. The molecule has 3 aromatic rings. The second kappa shape index (κ2) is 9.19. The lowest BCUT2D eigenvalue weighted by atomic mass is 10.0.